The second kappa shape index (κ2) is 8.02. The molecule has 134 valence electrons. The second-order valence-electron chi connectivity index (χ2n) is 5.59. The van der Waals surface area contributed by atoms with Gasteiger partial charge in [0.15, 0.2) is 0 Å². The van der Waals surface area contributed by atoms with E-state index in [1.807, 2.05) is 19.9 Å². The predicted molar refractivity (Wildman–Crippen MR) is 99.6 cm³/mol. The summed E-state index contributed by atoms with van der Waals surface area (Å²) in [7, 11) is -3.60. The van der Waals surface area contributed by atoms with Gasteiger partial charge in [-0.1, -0.05) is 24.3 Å². The second-order valence-corrected chi connectivity index (χ2v) is 7.49. The van der Waals surface area contributed by atoms with E-state index in [0.29, 0.717) is 23.7 Å². The van der Waals surface area contributed by atoms with Gasteiger partial charge in [-0.25, -0.2) is 8.42 Å². The van der Waals surface area contributed by atoms with E-state index in [4.69, 9.17) is 4.74 Å². The number of hydrogen-bond acceptors (Lipinski definition) is 4. The van der Waals surface area contributed by atoms with Crippen molar-refractivity contribution in [3.05, 3.63) is 54.1 Å². The van der Waals surface area contributed by atoms with Crippen LogP contribution in [0.1, 0.15) is 12.5 Å². The van der Waals surface area contributed by atoms with Gasteiger partial charge in [-0.15, -0.1) is 0 Å². The van der Waals surface area contributed by atoms with Crippen LogP contribution in [0.2, 0.25) is 0 Å². The fourth-order valence-electron chi connectivity index (χ4n) is 2.35. The highest BCUT2D eigenvalue weighted by Gasteiger charge is 2.21. The fourth-order valence-corrected chi connectivity index (χ4v) is 3.20. The zero-order chi connectivity index (χ0) is 18.4. The van der Waals surface area contributed by atoms with E-state index < -0.39 is 15.9 Å². The van der Waals surface area contributed by atoms with Gasteiger partial charge in [0.25, 0.3) is 0 Å². The molecule has 0 bridgehead atoms. The number of nitrogens with one attached hydrogen (secondary N) is 1. The lowest BCUT2D eigenvalue weighted by Crippen LogP contribution is -2.37. The van der Waals surface area contributed by atoms with Gasteiger partial charge in [0.1, 0.15) is 12.3 Å². The highest BCUT2D eigenvalue weighted by molar-refractivity contribution is 7.92. The molecule has 25 heavy (non-hydrogen) atoms. The van der Waals surface area contributed by atoms with Crippen LogP contribution in [-0.4, -0.2) is 33.7 Å². The topological polar surface area (TPSA) is 75.7 Å². The number of ether oxygens (including phenoxy) is 1. The number of para-hydroxylation sites is 2. The first kappa shape index (κ1) is 18.8. The molecule has 0 atom stereocenters. The lowest BCUT2D eigenvalue weighted by Gasteiger charge is -2.22. The first-order valence-electron chi connectivity index (χ1n) is 7.87. The molecule has 1 amide bonds. The molecule has 1 N–H and O–H groups in total. The minimum absolute atomic E-state index is 0.317. The Balaban J connectivity index is 2.21. The van der Waals surface area contributed by atoms with Crippen molar-refractivity contribution >= 4 is 27.3 Å². The van der Waals surface area contributed by atoms with Crippen molar-refractivity contribution in [1.29, 1.82) is 0 Å². The molecule has 2 aromatic carbocycles. The van der Waals surface area contributed by atoms with Gasteiger partial charge < -0.3 is 10.1 Å². The average Bonchev–Trinajstić information content (AvgIpc) is 2.53. The van der Waals surface area contributed by atoms with Gasteiger partial charge in [0, 0.05) is 0 Å². The normalized spacial score (nSPS) is 11.0. The molecule has 2 aromatic rings. The van der Waals surface area contributed by atoms with Crippen LogP contribution in [0.25, 0.3) is 0 Å². The summed E-state index contributed by atoms with van der Waals surface area (Å²) in [5, 5.41) is 2.71. The van der Waals surface area contributed by atoms with Gasteiger partial charge >= 0.3 is 0 Å². The number of carbonyl (C=O) groups is 1. The van der Waals surface area contributed by atoms with Crippen molar-refractivity contribution in [3.8, 4) is 5.75 Å². The molecule has 0 aliphatic rings. The smallest absolute Gasteiger partial charge is 0.245 e. The number of amides is 1. The summed E-state index contributed by atoms with van der Waals surface area (Å²) < 4.78 is 30.8. The molecule has 0 fully saturated rings. The van der Waals surface area contributed by atoms with Crippen LogP contribution >= 0.6 is 0 Å². The molecule has 0 spiro atoms. The largest absolute Gasteiger partial charge is 0.492 e. The molecular formula is C18H22N2O4S. The third-order valence-corrected chi connectivity index (χ3v) is 4.58. The summed E-state index contributed by atoms with van der Waals surface area (Å²) in [5.41, 5.74) is 1.87. The Hall–Kier alpha value is -2.54. The number of nitrogens with zero attached hydrogens (tertiary/aromatic N) is 1. The van der Waals surface area contributed by atoms with Crippen LogP contribution in [0.3, 0.4) is 0 Å². The highest BCUT2D eigenvalue weighted by atomic mass is 32.2. The number of rotatable bonds is 7. The Labute approximate surface area is 148 Å². The van der Waals surface area contributed by atoms with E-state index in [9.17, 15) is 13.2 Å². The minimum Gasteiger partial charge on any atom is -0.492 e. The minimum atomic E-state index is -3.60. The summed E-state index contributed by atoms with van der Waals surface area (Å²) in [6.45, 7) is 3.86. The third-order valence-electron chi connectivity index (χ3n) is 3.44. The summed E-state index contributed by atoms with van der Waals surface area (Å²) >= 11 is 0. The van der Waals surface area contributed by atoms with E-state index in [2.05, 4.69) is 5.32 Å². The zero-order valence-electron chi connectivity index (χ0n) is 14.5. The molecular weight excluding hydrogens is 340 g/mol. The first-order chi connectivity index (χ1) is 11.8. The van der Waals surface area contributed by atoms with E-state index in [0.717, 1.165) is 16.1 Å². The van der Waals surface area contributed by atoms with Gasteiger partial charge in [0.2, 0.25) is 15.9 Å². The van der Waals surface area contributed by atoms with Crippen LogP contribution in [0.4, 0.5) is 11.4 Å². The number of aryl methyl sites for hydroxylation is 1. The van der Waals surface area contributed by atoms with E-state index in [-0.39, 0.29) is 6.54 Å². The Bertz CT molecular complexity index is 850. The monoisotopic (exact) mass is 362 g/mol. The van der Waals surface area contributed by atoms with Gasteiger partial charge in [-0.2, -0.15) is 0 Å². The maximum absolute atomic E-state index is 12.4. The van der Waals surface area contributed by atoms with Crippen LogP contribution < -0.4 is 14.4 Å². The molecule has 2 rings (SSSR count). The molecule has 0 aliphatic heterocycles. The lowest BCUT2D eigenvalue weighted by atomic mass is 10.2. The molecule has 0 radical (unpaired) electrons. The summed E-state index contributed by atoms with van der Waals surface area (Å²) in [4.78, 5) is 12.4. The maximum atomic E-state index is 12.4. The zero-order valence-corrected chi connectivity index (χ0v) is 15.3. The highest BCUT2D eigenvalue weighted by Crippen LogP contribution is 2.24. The summed E-state index contributed by atoms with van der Waals surface area (Å²) in [6.07, 6.45) is 1.08. The number of benzene rings is 2. The van der Waals surface area contributed by atoms with Gasteiger partial charge in [0.05, 0.1) is 24.2 Å². The van der Waals surface area contributed by atoms with Crippen molar-refractivity contribution in [3.63, 3.8) is 0 Å². The molecule has 0 heterocycles. The number of hydrogen-bond donors (Lipinski definition) is 1. The molecule has 6 nitrogen and oxygen atoms in total. The Kier molecular flexibility index (Phi) is 6.03. The van der Waals surface area contributed by atoms with E-state index >= 15 is 0 Å². The van der Waals surface area contributed by atoms with Crippen molar-refractivity contribution in [2.75, 3.05) is 29.0 Å². The van der Waals surface area contributed by atoms with Gasteiger partial charge in [-0.3, -0.25) is 9.10 Å². The molecule has 0 unspecified atom stereocenters. The SMILES string of the molecule is CCOc1ccccc1NC(=O)CN(c1cccc(C)c1)S(C)(=O)=O. The first-order valence-corrected chi connectivity index (χ1v) is 9.72. The van der Waals surface area contributed by atoms with Crippen molar-refractivity contribution in [2.24, 2.45) is 0 Å². The average molecular weight is 362 g/mol. The summed E-state index contributed by atoms with van der Waals surface area (Å²) in [6, 6.07) is 14.0. The molecule has 7 heteroatoms. The number of carbonyl (C=O) groups excluding carboxylic acids is 1. The Morgan fingerprint density at radius 1 is 1.16 bits per heavy atom. The number of anilines is 2. The van der Waals surface area contributed by atoms with E-state index in [1.165, 1.54) is 0 Å². The Morgan fingerprint density at radius 3 is 2.52 bits per heavy atom. The summed E-state index contributed by atoms with van der Waals surface area (Å²) in [5.74, 6) is 0.0962. The van der Waals surface area contributed by atoms with Crippen LogP contribution in [0, 0.1) is 6.92 Å². The van der Waals surface area contributed by atoms with Gasteiger partial charge in [-0.05, 0) is 43.7 Å². The maximum Gasteiger partial charge on any atom is 0.245 e. The lowest BCUT2D eigenvalue weighted by molar-refractivity contribution is -0.114. The Morgan fingerprint density at radius 2 is 1.88 bits per heavy atom. The molecule has 0 saturated carbocycles. The fraction of sp³-hybridized carbons (Fsp3) is 0.278. The van der Waals surface area contributed by atoms with Crippen molar-refractivity contribution in [2.45, 2.75) is 13.8 Å². The molecule has 0 aliphatic carbocycles. The number of sulfonamides is 1. The van der Waals surface area contributed by atoms with Crippen LogP contribution in [0.15, 0.2) is 48.5 Å². The van der Waals surface area contributed by atoms with E-state index in [1.54, 1.807) is 42.5 Å². The van der Waals surface area contributed by atoms with Crippen LogP contribution in [0.5, 0.6) is 5.75 Å². The van der Waals surface area contributed by atoms with Crippen LogP contribution in [-0.2, 0) is 14.8 Å². The quantitative estimate of drug-likeness (QED) is 0.822. The molecule has 0 aromatic heterocycles. The van der Waals surface area contributed by atoms with Crippen molar-refractivity contribution in [1.82, 2.24) is 0 Å². The predicted octanol–water partition coefficient (Wildman–Crippen LogP) is 2.80. The standard InChI is InChI=1S/C18H22N2O4S/c1-4-24-17-11-6-5-10-16(17)19-18(21)13-20(25(3,22)23)15-9-7-8-14(2)12-15/h5-12H,4,13H2,1-3H3,(H,19,21). The third kappa shape index (κ3) is 5.22. The van der Waals surface area contributed by atoms with Crippen molar-refractivity contribution < 1.29 is 17.9 Å². The molecule has 0 saturated heterocycles.